The van der Waals surface area contributed by atoms with Crippen LogP contribution in [0.2, 0.25) is 0 Å². The monoisotopic (exact) mass is 335 g/mol. The zero-order chi connectivity index (χ0) is 14.7. The summed E-state index contributed by atoms with van der Waals surface area (Å²) in [5.74, 6) is 0.489. The highest BCUT2D eigenvalue weighted by molar-refractivity contribution is 9.10. The lowest BCUT2D eigenvalue weighted by Crippen LogP contribution is -2.12. The van der Waals surface area contributed by atoms with Gasteiger partial charge in [-0.15, -0.1) is 0 Å². The van der Waals surface area contributed by atoms with Crippen LogP contribution in [0.1, 0.15) is 15.9 Å². The maximum atomic E-state index is 12.2. The Morgan fingerprint density at radius 3 is 2.65 bits per heavy atom. The highest BCUT2D eigenvalue weighted by atomic mass is 79.9. The normalized spacial score (nSPS) is 10.2. The summed E-state index contributed by atoms with van der Waals surface area (Å²) in [4.78, 5) is 12.2. The van der Waals surface area contributed by atoms with Crippen molar-refractivity contribution in [2.24, 2.45) is 0 Å². The lowest BCUT2D eigenvalue weighted by molar-refractivity contribution is 0.102. The predicted molar refractivity (Wildman–Crippen MR) is 81.5 cm³/mol. The van der Waals surface area contributed by atoms with Crippen molar-refractivity contribution in [1.29, 1.82) is 0 Å². The number of aryl methyl sites for hydroxylation is 1. The van der Waals surface area contributed by atoms with E-state index in [0.29, 0.717) is 22.6 Å². The zero-order valence-corrected chi connectivity index (χ0v) is 12.7. The van der Waals surface area contributed by atoms with Crippen LogP contribution in [0, 0.1) is 6.92 Å². The molecule has 0 radical (unpaired) electrons. The van der Waals surface area contributed by atoms with E-state index in [4.69, 9.17) is 4.74 Å². The van der Waals surface area contributed by atoms with Crippen LogP contribution in [0.15, 0.2) is 40.9 Å². The Morgan fingerprint density at radius 2 is 2.00 bits per heavy atom. The van der Waals surface area contributed by atoms with Crippen molar-refractivity contribution < 1.29 is 14.6 Å². The van der Waals surface area contributed by atoms with Crippen molar-refractivity contribution in [3.8, 4) is 11.5 Å². The highest BCUT2D eigenvalue weighted by Gasteiger charge is 2.11. The quantitative estimate of drug-likeness (QED) is 0.898. The van der Waals surface area contributed by atoms with E-state index in [1.165, 1.54) is 6.07 Å². The van der Waals surface area contributed by atoms with Crippen LogP contribution in [0.3, 0.4) is 0 Å². The molecule has 0 aliphatic rings. The third kappa shape index (κ3) is 3.11. The summed E-state index contributed by atoms with van der Waals surface area (Å²) in [5.41, 5.74) is 1.71. The summed E-state index contributed by atoms with van der Waals surface area (Å²) < 4.78 is 6.05. The average Bonchev–Trinajstić information content (AvgIpc) is 2.42. The molecule has 0 unspecified atom stereocenters. The van der Waals surface area contributed by atoms with Crippen molar-refractivity contribution in [3.05, 3.63) is 52.0 Å². The standard InChI is InChI=1S/C15H14BrNO3/c1-9-7-10(3-5-13(9)18)15(19)17-12-8-11(16)4-6-14(12)20-2/h3-8,18H,1-2H3,(H,17,19). The molecular weight excluding hydrogens is 322 g/mol. The number of phenolic OH excluding ortho intramolecular Hbond substituents is 1. The summed E-state index contributed by atoms with van der Waals surface area (Å²) in [6.07, 6.45) is 0. The molecule has 5 heteroatoms. The minimum atomic E-state index is -0.260. The minimum Gasteiger partial charge on any atom is -0.508 e. The first-order valence-corrected chi connectivity index (χ1v) is 6.75. The molecule has 1 amide bonds. The Hall–Kier alpha value is -2.01. The van der Waals surface area contributed by atoms with E-state index in [9.17, 15) is 9.90 Å². The van der Waals surface area contributed by atoms with Crippen LogP contribution in [0.4, 0.5) is 5.69 Å². The van der Waals surface area contributed by atoms with E-state index in [1.54, 1.807) is 38.3 Å². The lowest BCUT2D eigenvalue weighted by atomic mass is 10.1. The number of carbonyl (C=O) groups is 1. The number of hydrogen-bond acceptors (Lipinski definition) is 3. The van der Waals surface area contributed by atoms with Gasteiger partial charge in [0.15, 0.2) is 0 Å². The smallest absolute Gasteiger partial charge is 0.255 e. The van der Waals surface area contributed by atoms with Crippen LogP contribution < -0.4 is 10.1 Å². The first-order chi connectivity index (χ1) is 9.51. The third-order valence-corrected chi connectivity index (χ3v) is 3.36. The largest absolute Gasteiger partial charge is 0.508 e. The van der Waals surface area contributed by atoms with Gasteiger partial charge in [-0.05, 0) is 48.9 Å². The number of rotatable bonds is 3. The number of carbonyl (C=O) groups excluding carboxylic acids is 1. The van der Waals surface area contributed by atoms with Crippen molar-refractivity contribution in [3.63, 3.8) is 0 Å². The Labute approximate surface area is 125 Å². The molecule has 0 saturated heterocycles. The summed E-state index contributed by atoms with van der Waals surface area (Å²) in [6.45, 7) is 1.74. The molecule has 4 nitrogen and oxygen atoms in total. The fourth-order valence-corrected chi connectivity index (χ4v) is 2.13. The van der Waals surface area contributed by atoms with Gasteiger partial charge >= 0.3 is 0 Å². The summed E-state index contributed by atoms with van der Waals surface area (Å²) in [7, 11) is 1.55. The zero-order valence-electron chi connectivity index (χ0n) is 11.1. The lowest BCUT2D eigenvalue weighted by Gasteiger charge is -2.11. The second-order valence-electron chi connectivity index (χ2n) is 4.30. The number of phenols is 1. The molecule has 0 spiro atoms. The summed E-state index contributed by atoms with van der Waals surface area (Å²) >= 11 is 3.35. The molecule has 2 rings (SSSR count). The van der Waals surface area contributed by atoms with E-state index in [0.717, 1.165) is 4.47 Å². The van der Waals surface area contributed by atoms with Crippen molar-refractivity contribution in [2.45, 2.75) is 6.92 Å². The number of aromatic hydroxyl groups is 1. The van der Waals surface area contributed by atoms with Crippen LogP contribution in [0.5, 0.6) is 11.5 Å². The maximum absolute atomic E-state index is 12.2. The SMILES string of the molecule is COc1ccc(Br)cc1NC(=O)c1ccc(O)c(C)c1. The van der Waals surface area contributed by atoms with Gasteiger partial charge in [0.2, 0.25) is 0 Å². The van der Waals surface area contributed by atoms with Gasteiger partial charge in [0.05, 0.1) is 12.8 Å². The Kier molecular flexibility index (Phi) is 4.29. The number of hydrogen-bond donors (Lipinski definition) is 2. The summed E-state index contributed by atoms with van der Waals surface area (Å²) in [5, 5.41) is 12.3. The van der Waals surface area contributed by atoms with Crippen molar-refractivity contribution in [1.82, 2.24) is 0 Å². The number of nitrogens with one attached hydrogen (secondary N) is 1. The van der Waals surface area contributed by atoms with E-state index < -0.39 is 0 Å². The Bertz CT molecular complexity index is 656. The van der Waals surface area contributed by atoms with Crippen LogP contribution in [-0.4, -0.2) is 18.1 Å². The van der Waals surface area contributed by atoms with Crippen molar-refractivity contribution >= 4 is 27.5 Å². The topological polar surface area (TPSA) is 58.6 Å². The van der Waals surface area contributed by atoms with Gasteiger partial charge in [-0.2, -0.15) is 0 Å². The van der Waals surface area contributed by atoms with E-state index in [-0.39, 0.29) is 11.7 Å². The molecule has 0 aliphatic heterocycles. The van der Waals surface area contributed by atoms with E-state index in [2.05, 4.69) is 21.2 Å². The molecule has 0 bridgehead atoms. The molecule has 0 aromatic heterocycles. The molecule has 104 valence electrons. The first-order valence-electron chi connectivity index (χ1n) is 5.96. The molecule has 0 heterocycles. The fourth-order valence-electron chi connectivity index (χ4n) is 1.77. The third-order valence-electron chi connectivity index (χ3n) is 2.87. The predicted octanol–water partition coefficient (Wildman–Crippen LogP) is 3.72. The minimum absolute atomic E-state index is 0.168. The number of methoxy groups -OCH3 is 1. The first kappa shape index (κ1) is 14.4. The number of ether oxygens (including phenoxy) is 1. The number of halogens is 1. The number of amides is 1. The van der Waals surface area contributed by atoms with Gasteiger partial charge in [0.25, 0.3) is 5.91 Å². The van der Waals surface area contributed by atoms with Crippen LogP contribution in [0.25, 0.3) is 0 Å². The van der Waals surface area contributed by atoms with Gasteiger partial charge in [-0.25, -0.2) is 0 Å². The molecule has 2 aromatic carbocycles. The fraction of sp³-hybridized carbons (Fsp3) is 0.133. The molecular formula is C15H14BrNO3. The van der Waals surface area contributed by atoms with Gasteiger partial charge in [0, 0.05) is 10.0 Å². The van der Waals surface area contributed by atoms with Gasteiger partial charge in [-0.3, -0.25) is 4.79 Å². The van der Waals surface area contributed by atoms with E-state index >= 15 is 0 Å². The molecule has 0 atom stereocenters. The average molecular weight is 336 g/mol. The Morgan fingerprint density at radius 1 is 1.25 bits per heavy atom. The van der Waals surface area contributed by atoms with Crippen LogP contribution >= 0.6 is 15.9 Å². The molecule has 2 aromatic rings. The maximum Gasteiger partial charge on any atom is 0.255 e. The second kappa shape index (κ2) is 5.96. The molecule has 0 fully saturated rings. The van der Waals surface area contributed by atoms with Gasteiger partial charge < -0.3 is 15.2 Å². The van der Waals surface area contributed by atoms with Gasteiger partial charge in [-0.1, -0.05) is 15.9 Å². The van der Waals surface area contributed by atoms with Gasteiger partial charge in [0.1, 0.15) is 11.5 Å². The number of anilines is 1. The molecule has 0 aliphatic carbocycles. The van der Waals surface area contributed by atoms with Crippen LogP contribution in [-0.2, 0) is 0 Å². The highest BCUT2D eigenvalue weighted by Crippen LogP contribution is 2.28. The van der Waals surface area contributed by atoms with Crippen molar-refractivity contribution in [2.75, 3.05) is 12.4 Å². The van der Waals surface area contributed by atoms with E-state index in [1.807, 2.05) is 6.07 Å². The Balaban J connectivity index is 2.27. The number of benzene rings is 2. The second-order valence-corrected chi connectivity index (χ2v) is 5.22. The molecule has 2 N–H and O–H groups in total. The molecule has 20 heavy (non-hydrogen) atoms. The summed E-state index contributed by atoms with van der Waals surface area (Å²) in [6, 6.07) is 10.1. The molecule has 0 saturated carbocycles.